The topological polar surface area (TPSA) is 81.2 Å². The number of carbonyl (C=O) groups excluding carboxylic acids is 1. The molecule has 1 aromatic carbocycles. The van der Waals surface area contributed by atoms with Crippen molar-refractivity contribution in [1.82, 2.24) is 14.7 Å². The van der Waals surface area contributed by atoms with Gasteiger partial charge in [0.25, 0.3) is 5.24 Å². The van der Waals surface area contributed by atoms with Crippen LogP contribution in [0.5, 0.6) is 0 Å². The molecule has 0 aliphatic carbocycles. The highest BCUT2D eigenvalue weighted by atomic mass is 32.2. The number of carboxylic acids is 1. The summed E-state index contributed by atoms with van der Waals surface area (Å²) in [5.74, 6) is -0.600. The van der Waals surface area contributed by atoms with Gasteiger partial charge in [-0.1, -0.05) is 53.6 Å². The molecular formula is C21H31N3O4PS+. The van der Waals surface area contributed by atoms with Crippen molar-refractivity contribution in [2.24, 2.45) is 0 Å². The van der Waals surface area contributed by atoms with E-state index in [2.05, 4.69) is 9.80 Å². The van der Waals surface area contributed by atoms with Crippen LogP contribution in [0, 0.1) is 0 Å². The van der Waals surface area contributed by atoms with Gasteiger partial charge in [-0.05, 0) is 37.7 Å². The Morgan fingerprint density at radius 1 is 1.10 bits per heavy atom. The fourth-order valence-corrected chi connectivity index (χ4v) is 6.49. The monoisotopic (exact) mass is 452 g/mol. The van der Waals surface area contributed by atoms with Crippen molar-refractivity contribution >= 4 is 31.4 Å². The third kappa shape index (κ3) is 4.72. The molecule has 0 spiro atoms. The predicted octanol–water partition coefficient (Wildman–Crippen LogP) is 4.03. The van der Waals surface area contributed by atoms with Crippen LogP contribution in [0.1, 0.15) is 44.6 Å². The minimum Gasteiger partial charge on any atom is -0.480 e. The molecule has 1 N–H and O–H groups in total. The molecular weight excluding hydrogens is 421 g/mol. The van der Waals surface area contributed by atoms with E-state index in [-0.39, 0.29) is 11.7 Å². The number of hydrogen-bond acceptors (Lipinski definition) is 6. The molecule has 0 bridgehead atoms. The molecule has 164 valence electrons. The number of carboxylic acid groups (broad SMARTS) is 1. The summed E-state index contributed by atoms with van der Waals surface area (Å²) in [6, 6.07) is 8.63. The predicted molar refractivity (Wildman–Crippen MR) is 120 cm³/mol. The van der Waals surface area contributed by atoms with E-state index < -0.39 is 26.0 Å². The van der Waals surface area contributed by atoms with E-state index in [0.29, 0.717) is 5.75 Å². The molecule has 2 fully saturated rings. The van der Waals surface area contributed by atoms with Crippen LogP contribution in [-0.4, -0.2) is 68.8 Å². The number of likely N-dealkylation sites (tertiary alicyclic amines) is 2. The van der Waals surface area contributed by atoms with E-state index in [1.807, 2.05) is 30.3 Å². The zero-order chi connectivity index (χ0) is 21.6. The molecule has 2 unspecified atom stereocenters. The van der Waals surface area contributed by atoms with Crippen molar-refractivity contribution in [3.05, 3.63) is 35.9 Å². The van der Waals surface area contributed by atoms with Crippen LogP contribution in [0.2, 0.25) is 0 Å². The maximum atomic E-state index is 13.6. The number of amides is 1. The van der Waals surface area contributed by atoms with E-state index in [4.69, 9.17) is 0 Å². The van der Waals surface area contributed by atoms with Crippen LogP contribution in [-0.2, 0) is 15.1 Å². The number of aliphatic carboxylic acids is 1. The Kier molecular flexibility index (Phi) is 8.28. The van der Waals surface area contributed by atoms with Crippen molar-refractivity contribution in [1.29, 1.82) is 0 Å². The van der Waals surface area contributed by atoms with Crippen LogP contribution in [0.3, 0.4) is 0 Å². The molecule has 30 heavy (non-hydrogen) atoms. The van der Waals surface area contributed by atoms with Crippen LogP contribution >= 0.6 is 20.2 Å². The number of carbonyl (C=O) groups is 2. The third-order valence-corrected chi connectivity index (χ3v) is 8.02. The van der Waals surface area contributed by atoms with Gasteiger partial charge in [0.05, 0.1) is 0 Å². The van der Waals surface area contributed by atoms with Gasteiger partial charge in [-0.2, -0.15) is 0 Å². The summed E-state index contributed by atoms with van der Waals surface area (Å²) >= 11 is 1.09. The number of thioether (sulfide) groups is 1. The van der Waals surface area contributed by atoms with E-state index in [1.54, 1.807) is 6.92 Å². The van der Waals surface area contributed by atoms with Crippen LogP contribution in [0.4, 0.5) is 4.79 Å². The van der Waals surface area contributed by atoms with Gasteiger partial charge in [0, 0.05) is 31.9 Å². The highest BCUT2D eigenvalue weighted by molar-refractivity contribution is 8.12. The van der Waals surface area contributed by atoms with Gasteiger partial charge in [-0.3, -0.25) is 4.79 Å². The summed E-state index contributed by atoms with van der Waals surface area (Å²) in [6.45, 7) is 4.64. The average Bonchev–Trinajstić information content (AvgIpc) is 3.48. The smallest absolute Gasteiger partial charge is 0.387 e. The summed E-state index contributed by atoms with van der Waals surface area (Å²) in [4.78, 5) is 31.4. The van der Waals surface area contributed by atoms with Gasteiger partial charge in [0.15, 0.2) is 0 Å². The second-order valence-corrected chi connectivity index (χ2v) is 9.60. The fraction of sp³-hybridized carbons (Fsp3) is 0.619. The van der Waals surface area contributed by atoms with Gasteiger partial charge in [-0.15, -0.1) is 0 Å². The maximum Gasteiger partial charge on any atom is 0.387 e. The molecule has 2 saturated heterocycles. The number of nitrogens with zero attached hydrogens (tertiary/aromatic N) is 3. The zero-order valence-electron chi connectivity index (χ0n) is 17.5. The molecule has 2 aliphatic heterocycles. The Bertz CT molecular complexity index is 723. The Labute approximate surface area is 184 Å². The van der Waals surface area contributed by atoms with Crippen LogP contribution in [0.25, 0.3) is 0 Å². The van der Waals surface area contributed by atoms with Gasteiger partial charge in [0.1, 0.15) is 6.04 Å². The minimum absolute atomic E-state index is 0.265. The highest BCUT2D eigenvalue weighted by Gasteiger charge is 2.61. The molecule has 0 aromatic heterocycles. The lowest BCUT2D eigenvalue weighted by molar-refractivity contribution is -0.150. The molecule has 9 heteroatoms. The molecule has 2 aliphatic rings. The van der Waals surface area contributed by atoms with E-state index in [1.165, 1.54) is 4.90 Å². The van der Waals surface area contributed by atoms with Gasteiger partial charge in [0.2, 0.25) is 0 Å². The summed E-state index contributed by atoms with van der Waals surface area (Å²) < 4.78 is 12.9. The first-order valence-corrected chi connectivity index (χ1v) is 12.6. The normalized spacial score (nSPS) is 19.2. The van der Waals surface area contributed by atoms with Crippen molar-refractivity contribution in [3.8, 4) is 0 Å². The lowest BCUT2D eigenvalue weighted by atomic mass is 10.2. The summed E-state index contributed by atoms with van der Waals surface area (Å²) in [7, 11) is -0.850. The largest absolute Gasteiger partial charge is 0.480 e. The molecule has 0 saturated carbocycles. The number of rotatable bonds is 9. The second-order valence-electron chi connectivity index (χ2n) is 7.80. The van der Waals surface area contributed by atoms with E-state index >= 15 is 0 Å². The molecule has 2 heterocycles. The van der Waals surface area contributed by atoms with Crippen molar-refractivity contribution in [2.45, 2.75) is 56.4 Å². The lowest BCUT2D eigenvalue weighted by Gasteiger charge is -2.46. The Morgan fingerprint density at radius 3 is 2.07 bits per heavy atom. The minimum atomic E-state index is -1.19. The first-order chi connectivity index (χ1) is 14.5. The standard InChI is InChI=1S/C21H30N3O4PS/c1-2-18(19(25)26)24(20(27)30-16-17-10-4-3-5-11-17)21(29-28,22-12-6-7-13-22)23-14-8-9-15-23/h3-5,10-11,18H,2,6-9,12-16H2,1H3,(H,25,26)/p+1. The van der Waals surface area contributed by atoms with Crippen LogP contribution in [0.15, 0.2) is 30.3 Å². The SMILES string of the molecule is CCC(C(=O)O)N(C(=O)SCc1ccccc1)C([PH+]=O)(N1CCCC1)N1CCCC1. The maximum absolute atomic E-state index is 13.6. The molecule has 0 radical (unpaired) electrons. The zero-order valence-corrected chi connectivity index (χ0v) is 19.3. The molecule has 7 nitrogen and oxygen atoms in total. The Hall–Kier alpha value is -1.47. The van der Waals surface area contributed by atoms with Gasteiger partial charge < -0.3 is 5.11 Å². The van der Waals surface area contributed by atoms with E-state index in [0.717, 1.165) is 69.2 Å². The first-order valence-electron chi connectivity index (χ1n) is 10.7. The second kappa shape index (κ2) is 10.7. The summed E-state index contributed by atoms with van der Waals surface area (Å²) in [5, 5.41) is 9.66. The molecule has 3 rings (SSSR count). The molecule has 1 aromatic rings. The van der Waals surface area contributed by atoms with Gasteiger partial charge in [-0.25, -0.2) is 19.5 Å². The summed E-state index contributed by atoms with van der Waals surface area (Å²) in [6.07, 6.45) is 4.11. The average molecular weight is 453 g/mol. The molecule has 1 amide bonds. The van der Waals surface area contributed by atoms with Gasteiger partial charge >= 0.3 is 20.0 Å². The molecule has 2 atom stereocenters. The van der Waals surface area contributed by atoms with Crippen LogP contribution < -0.4 is 0 Å². The van der Waals surface area contributed by atoms with Crippen molar-refractivity contribution < 1.29 is 19.3 Å². The Morgan fingerprint density at radius 2 is 1.63 bits per heavy atom. The quantitative estimate of drug-likeness (QED) is 0.567. The summed E-state index contributed by atoms with van der Waals surface area (Å²) in [5.41, 5.74) is -0.191. The Balaban J connectivity index is 1.99. The first kappa shape index (κ1) is 23.2. The number of hydrogen-bond donors (Lipinski definition) is 1. The highest BCUT2D eigenvalue weighted by Crippen LogP contribution is 2.43. The van der Waals surface area contributed by atoms with E-state index in [9.17, 15) is 19.3 Å². The third-order valence-electron chi connectivity index (χ3n) is 5.95. The lowest BCUT2D eigenvalue weighted by Crippen LogP contribution is -2.69. The van der Waals surface area contributed by atoms with Crippen molar-refractivity contribution in [2.75, 3.05) is 26.2 Å². The number of benzene rings is 1. The van der Waals surface area contributed by atoms with Crippen molar-refractivity contribution in [3.63, 3.8) is 0 Å². The fourth-order valence-electron chi connectivity index (χ4n) is 4.47.